The van der Waals surface area contributed by atoms with Gasteiger partial charge in [0, 0.05) is 0 Å². The zero-order valence-corrected chi connectivity index (χ0v) is 15.2. The van der Waals surface area contributed by atoms with Crippen LogP contribution >= 0.6 is 11.3 Å². The van der Waals surface area contributed by atoms with Crippen molar-refractivity contribution in [1.29, 1.82) is 0 Å². The van der Waals surface area contributed by atoms with Crippen LogP contribution in [-0.2, 0) is 6.54 Å². The zero-order valence-electron chi connectivity index (χ0n) is 14.4. The highest BCUT2D eigenvalue weighted by Gasteiger charge is 2.13. The van der Waals surface area contributed by atoms with E-state index in [4.69, 9.17) is 9.72 Å². The molecule has 0 unspecified atom stereocenters. The van der Waals surface area contributed by atoms with E-state index >= 15 is 0 Å². The molecule has 4 aromatic rings. The van der Waals surface area contributed by atoms with Crippen LogP contribution in [0.2, 0.25) is 0 Å². The SMILES string of the molecule is Cc1ccc(OCCn2c(-c3cccs3)nc3ccccc32)cc1C. The predicted octanol–water partition coefficient (Wildman–Crippen LogP) is 5.46. The second kappa shape index (κ2) is 6.73. The number of benzene rings is 2. The number of para-hydroxylation sites is 2. The summed E-state index contributed by atoms with van der Waals surface area (Å²) in [5.74, 6) is 1.94. The summed E-state index contributed by atoms with van der Waals surface area (Å²) in [6.07, 6.45) is 0. The summed E-state index contributed by atoms with van der Waals surface area (Å²) >= 11 is 1.71. The van der Waals surface area contributed by atoms with Gasteiger partial charge in [-0.05, 0) is 60.7 Å². The maximum atomic E-state index is 5.99. The summed E-state index contributed by atoms with van der Waals surface area (Å²) in [5.41, 5.74) is 4.71. The van der Waals surface area contributed by atoms with Crippen LogP contribution in [0.15, 0.2) is 60.0 Å². The van der Waals surface area contributed by atoms with E-state index in [-0.39, 0.29) is 0 Å². The lowest BCUT2D eigenvalue weighted by molar-refractivity contribution is 0.300. The van der Waals surface area contributed by atoms with Gasteiger partial charge in [0.25, 0.3) is 0 Å². The van der Waals surface area contributed by atoms with E-state index in [1.807, 2.05) is 12.1 Å². The summed E-state index contributed by atoms with van der Waals surface area (Å²) < 4.78 is 8.24. The summed E-state index contributed by atoms with van der Waals surface area (Å²) in [6, 6.07) is 18.7. The Kier molecular flexibility index (Phi) is 4.28. The first-order valence-corrected chi connectivity index (χ1v) is 9.29. The second-order valence-corrected chi connectivity index (χ2v) is 7.10. The third kappa shape index (κ3) is 3.17. The number of thiophene rings is 1. The Morgan fingerprint density at radius 2 is 1.88 bits per heavy atom. The minimum atomic E-state index is 0.612. The van der Waals surface area contributed by atoms with Crippen LogP contribution < -0.4 is 4.74 Å². The minimum absolute atomic E-state index is 0.612. The van der Waals surface area contributed by atoms with Crippen LogP contribution in [0, 0.1) is 13.8 Å². The van der Waals surface area contributed by atoms with E-state index in [1.165, 1.54) is 16.0 Å². The van der Waals surface area contributed by atoms with Gasteiger partial charge in [-0.3, -0.25) is 0 Å². The summed E-state index contributed by atoms with van der Waals surface area (Å²) in [5, 5.41) is 2.09. The molecule has 0 aliphatic rings. The highest BCUT2D eigenvalue weighted by Crippen LogP contribution is 2.28. The molecule has 0 radical (unpaired) electrons. The summed E-state index contributed by atoms with van der Waals surface area (Å²) in [6.45, 7) is 5.60. The predicted molar refractivity (Wildman–Crippen MR) is 104 cm³/mol. The van der Waals surface area contributed by atoms with Gasteiger partial charge in [0.2, 0.25) is 0 Å². The van der Waals surface area contributed by atoms with Crippen molar-refractivity contribution < 1.29 is 4.74 Å². The zero-order chi connectivity index (χ0) is 17.2. The molecule has 0 atom stereocenters. The standard InChI is InChI=1S/C21H20N2OS/c1-15-9-10-17(14-16(15)2)24-12-11-23-19-7-4-3-6-18(19)22-21(23)20-8-5-13-25-20/h3-10,13-14H,11-12H2,1-2H3. The average Bonchev–Trinajstić information content (AvgIpc) is 3.26. The van der Waals surface area contributed by atoms with Crippen LogP contribution in [0.1, 0.15) is 11.1 Å². The minimum Gasteiger partial charge on any atom is -0.492 e. The maximum Gasteiger partial charge on any atom is 0.151 e. The number of aryl methyl sites for hydroxylation is 2. The monoisotopic (exact) mass is 348 g/mol. The molecule has 4 rings (SSSR count). The molecule has 0 saturated carbocycles. The summed E-state index contributed by atoms with van der Waals surface area (Å²) in [7, 11) is 0. The van der Waals surface area contributed by atoms with Crippen molar-refractivity contribution in [2.24, 2.45) is 0 Å². The molecule has 0 bridgehead atoms. The maximum absolute atomic E-state index is 5.99. The fourth-order valence-corrected chi connectivity index (χ4v) is 3.68. The molecule has 2 heterocycles. The van der Waals surface area contributed by atoms with Gasteiger partial charge in [0.05, 0.1) is 22.5 Å². The van der Waals surface area contributed by atoms with Crippen LogP contribution in [0.5, 0.6) is 5.75 Å². The van der Waals surface area contributed by atoms with Crippen molar-refractivity contribution in [2.75, 3.05) is 6.61 Å². The van der Waals surface area contributed by atoms with Gasteiger partial charge >= 0.3 is 0 Å². The molecule has 0 fully saturated rings. The fourth-order valence-electron chi connectivity index (χ4n) is 2.95. The Morgan fingerprint density at radius 3 is 2.68 bits per heavy atom. The number of ether oxygens (including phenoxy) is 1. The number of hydrogen-bond acceptors (Lipinski definition) is 3. The third-order valence-electron chi connectivity index (χ3n) is 4.46. The van der Waals surface area contributed by atoms with Gasteiger partial charge in [-0.2, -0.15) is 0 Å². The van der Waals surface area contributed by atoms with E-state index in [0.717, 1.165) is 29.2 Å². The van der Waals surface area contributed by atoms with E-state index in [0.29, 0.717) is 6.61 Å². The highest BCUT2D eigenvalue weighted by atomic mass is 32.1. The van der Waals surface area contributed by atoms with Crippen molar-refractivity contribution in [3.05, 3.63) is 71.1 Å². The van der Waals surface area contributed by atoms with Crippen LogP contribution in [0.4, 0.5) is 0 Å². The Hall–Kier alpha value is -2.59. The number of hydrogen-bond donors (Lipinski definition) is 0. The van der Waals surface area contributed by atoms with Crippen molar-refractivity contribution in [3.63, 3.8) is 0 Å². The van der Waals surface area contributed by atoms with Gasteiger partial charge in [-0.15, -0.1) is 11.3 Å². The first kappa shape index (κ1) is 15.9. The fraction of sp³-hybridized carbons (Fsp3) is 0.190. The first-order chi connectivity index (χ1) is 12.2. The topological polar surface area (TPSA) is 27.1 Å². The third-order valence-corrected chi connectivity index (χ3v) is 5.32. The summed E-state index contributed by atoms with van der Waals surface area (Å²) in [4.78, 5) is 6.01. The van der Waals surface area contributed by atoms with Crippen molar-refractivity contribution in [1.82, 2.24) is 9.55 Å². The van der Waals surface area contributed by atoms with Crippen LogP contribution in [0.25, 0.3) is 21.7 Å². The Labute approximate surface area is 151 Å². The number of rotatable bonds is 5. The Balaban J connectivity index is 1.60. The Morgan fingerprint density at radius 1 is 1.00 bits per heavy atom. The molecule has 126 valence electrons. The molecule has 0 aliphatic heterocycles. The molecule has 0 saturated heterocycles. The lowest BCUT2D eigenvalue weighted by Crippen LogP contribution is -2.09. The van der Waals surface area contributed by atoms with Gasteiger partial charge in [0.15, 0.2) is 5.82 Å². The number of aromatic nitrogens is 2. The molecule has 3 nitrogen and oxygen atoms in total. The first-order valence-electron chi connectivity index (χ1n) is 8.41. The van der Waals surface area contributed by atoms with E-state index in [2.05, 4.69) is 66.3 Å². The van der Waals surface area contributed by atoms with Gasteiger partial charge in [0.1, 0.15) is 12.4 Å². The molecule has 0 spiro atoms. The van der Waals surface area contributed by atoms with E-state index in [1.54, 1.807) is 11.3 Å². The van der Waals surface area contributed by atoms with Crippen molar-refractivity contribution in [2.45, 2.75) is 20.4 Å². The normalized spacial score (nSPS) is 11.1. The van der Waals surface area contributed by atoms with Crippen molar-refractivity contribution in [3.8, 4) is 16.5 Å². The average molecular weight is 348 g/mol. The molecule has 4 heteroatoms. The van der Waals surface area contributed by atoms with E-state index < -0.39 is 0 Å². The molecule has 2 aromatic carbocycles. The van der Waals surface area contributed by atoms with Crippen LogP contribution in [-0.4, -0.2) is 16.2 Å². The lowest BCUT2D eigenvalue weighted by Gasteiger charge is -2.11. The molecule has 0 amide bonds. The van der Waals surface area contributed by atoms with Gasteiger partial charge < -0.3 is 9.30 Å². The smallest absolute Gasteiger partial charge is 0.151 e. The number of nitrogens with zero attached hydrogens (tertiary/aromatic N) is 2. The molecule has 25 heavy (non-hydrogen) atoms. The van der Waals surface area contributed by atoms with Gasteiger partial charge in [-0.1, -0.05) is 24.3 Å². The van der Waals surface area contributed by atoms with Crippen LogP contribution in [0.3, 0.4) is 0 Å². The van der Waals surface area contributed by atoms with E-state index in [9.17, 15) is 0 Å². The Bertz CT molecular complexity index is 1000. The molecule has 0 aliphatic carbocycles. The molecular formula is C21H20N2OS. The molecule has 2 aromatic heterocycles. The number of fused-ring (bicyclic) bond motifs is 1. The molecular weight excluding hydrogens is 328 g/mol. The number of imidazole rings is 1. The van der Waals surface area contributed by atoms with Gasteiger partial charge in [-0.25, -0.2) is 4.98 Å². The quantitative estimate of drug-likeness (QED) is 0.479. The molecule has 0 N–H and O–H groups in total. The lowest BCUT2D eigenvalue weighted by atomic mass is 10.1. The largest absolute Gasteiger partial charge is 0.492 e. The van der Waals surface area contributed by atoms with Crippen molar-refractivity contribution >= 4 is 22.4 Å². The highest BCUT2D eigenvalue weighted by molar-refractivity contribution is 7.13. The second-order valence-electron chi connectivity index (χ2n) is 6.15.